The molecule has 0 fully saturated rings. The van der Waals surface area contributed by atoms with Crippen molar-refractivity contribution in [1.82, 2.24) is 9.44 Å². The van der Waals surface area contributed by atoms with Crippen molar-refractivity contribution in [3.8, 4) is 0 Å². The summed E-state index contributed by atoms with van der Waals surface area (Å²) >= 11 is 0. The van der Waals surface area contributed by atoms with Crippen molar-refractivity contribution in [2.45, 2.75) is 25.8 Å². The van der Waals surface area contributed by atoms with E-state index in [1.165, 1.54) is 7.05 Å². The Kier molecular flexibility index (Phi) is 5.39. The molecule has 0 amide bonds. The van der Waals surface area contributed by atoms with E-state index in [9.17, 15) is 8.42 Å². The van der Waals surface area contributed by atoms with Crippen LogP contribution < -0.4 is 9.44 Å². The molecule has 0 aliphatic carbocycles. The molecule has 0 aromatic rings. The van der Waals surface area contributed by atoms with Crippen molar-refractivity contribution < 1.29 is 13.5 Å². The summed E-state index contributed by atoms with van der Waals surface area (Å²) in [4.78, 5) is 0. The van der Waals surface area contributed by atoms with E-state index in [1.54, 1.807) is 0 Å². The molecule has 5 nitrogen and oxygen atoms in total. The van der Waals surface area contributed by atoms with Gasteiger partial charge < -0.3 is 5.11 Å². The Hall–Kier alpha value is -0.170. The fraction of sp³-hybridized carbons (Fsp3) is 1.00. The van der Waals surface area contributed by atoms with Crippen molar-refractivity contribution in [3.63, 3.8) is 0 Å². The van der Waals surface area contributed by atoms with Gasteiger partial charge in [0.05, 0.1) is 0 Å². The number of aliphatic hydroxyl groups excluding tert-OH is 1. The summed E-state index contributed by atoms with van der Waals surface area (Å²) in [6.45, 7) is 1.85. The molecule has 6 heteroatoms. The van der Waals surface area contributed by atoms with Crippen LogP contribution in [0.25, 0.3) is 0 Å². The molecule has 1 atom stereocenters. The lowest BCUT2D eigenvalue weighted by atomic mass is 10.2. The minimum atomic E-state index is -3.36. The zero-order valence-corrected chi connectivity index (χ0v) is 8.19. The van der Waals surface area contributed by atoms with E-state index in [0.29, 0.717) is 12.8 Å². The standard InChI is InChI=1S/C6H16N2O3S/c1-3-6(4-5-9)8-12(10,11)7-2/h6-9H,3-5H2,1-2H3. The second-order valence-corrected chi connectivity index (χ2v) is 4.09. The Labute approximate surface area is 73.4 Å². The molecule has 0 spiro atoms. The van der Waals surface area contributed by atoms with Crippen LogP contribution in [-0.4, -0.2) is 33.2 Å². The van der Waals surface area contributed by atoms with Crippen molar-refractivity contribution in [2.24, 2.45) is 0 Å². The number of nitrogens with one attached hydrogen (secondary N) is 2. The highest BCUT2D eigenvalue weighted by Gasteiger charge is 2.13. The molecule has 0 aliphatic rings. The van der Waals surface area contributed by atoms with Crippen molar-refractivity contribution >= 4 is 10.2 Å². The topological polar surface area (TPSA) is 78.4 Å². The minimum absolute atomic E-state index is 0.00919. The van der Waals surface area contributed by atoms with Gasteiger partial charge in [0.2, 0.25) is 0 Å². The average molecular weight is 196 g/mol. The van der Waals surface area contributed by atoms with E-state index >= 15 is 0 Å². The van der Waals surface area contributed by atoms with Crippen LogP contribution in [-0.2, 0) is 10.2 Å². The van der Waals surface area contributed by atoms with Crippen LogP contribution in [0.4, 0.5) is 0 Å². The van der Waals surface area contributed by atoms with Gasteiger partial charge in [0, 0.05) is 19.7 Å². The molecule has 3 N–H and O–H groups in total. The van der Waals surface area contributed by atoms with Gasteiger partial charge in [0.25, 0.3) is 10.2 Å². The highest BCUT2D eigenvalue weighted by atomic mass is 32.2. The van der Waals surface area contributed by atoms with Gasteiger partial charge >= 0.3 is 0 Å². The molecule has 0 aromatic heterocycles. The molecule has 0 saturated carbocycles. The molecule has 0 aliphatic heterocycles. The third-order valence-electron chi connectivity index (χ3n) is 1.56. The van der Waals surface area contributed by atoms with Crippen LogP contribution in [0.5, 0.6) is 0 Å². The zero-order valence-electron chi connectivity index (χ0n) is 7.37. The Morgan fingerprint density at radius 3 is 2.42 bits per heavy atom. The van der Waals surface area contributed by atoms with E-state index in [0.717, 1.165) is 0 Å². The fourth-order valence-electron chi connectivity index (χ4n) is 0.781. The first kappa shape index (κ1) is 11.8. The predicted octanol–water partition coefficient (Wildman–Crippen LogP) is -0.799. The SMILES string of the molecule is CCC(CCO)NS(=O)(=O)NC. The number of hydrogen-bond donors (Lipinski definition) is 3. The highest BCUT2D eigenvalue weighted by Crippen LogP contribution is 1.97. The average Bonchev–Trinajstić information content (AvgIpc) is 2.03. The molecular formula is C6H16N2O3S. The molecule has 0 saturated heterocycles. The quantitative estimate of drug-likeness (QED) is 0.520. The first-order chi connectivity index (χ1) is 5.55. The minimum Gasteiger partial charge on any atom is -0.396 e. The van der Waals surface area contributed by atoms with Crippen molar-refractivity contribution in [3.05, 3.63) is 0 Å². The Balaban J connectivity index is 4.02. The summed E-state index contributed by atoms with van der Waals surface area (Å²) in [6, 6.07) is -0.188. The van der Waals surface area contributed by atoms with Gasteiger partial charge in [-0.1, -0.05) is 6.92 Å². The summed E-state index contributed by atoms with van der Waals surface area (Å²) in [5, 5.41) is 8.58. The second kappa shape index (κ2) is 5.47. The van der Waals surface area contributed by atoms with E-state index < -0.39 is 10.2 Å². The van der Waals surface area contributed by atoms with Crippen LogP contribution in [0.1, 0.15) is 19.8 Å². The van der Waals surface area contributed by atoms with Crippen LogP contribution >= 0.6 is 0 Å². The summed E-state index contributed by atoms with van der Waals surface area (Å²) in [7, 11) is -2.02. The number of aliphatic hydroxyl groups is 1. The Morgan fingerprint density at radius 2 is 2.08 bits per heavy atom. The van der Waals surface area contributed by atoms with Crippen LogP contribution in [0.2, 0.25) is 0 Å². The van der Waals surface area contributed by atoms with Crippen LogP contribution in [0, 0.1) is 0 Å². The maximum absolute atomic E-state index is 10.9. The van der Waals surface area contributed by atoms with E-state index in [2.05, 4.69) is 9.44 Å². The Morgan fingerprint density at radius 1 is 1.50 bits per heavy atom. The molecule has 0 rings (SSSR count). The third-order valence-corrected chi connectivity index (χ3v) is 2.74. The molecule has 0 bridgehead atoms. The lowest BCUT2D eigenvalue weighted by Crippen LogP contribution is -2.41. The maximum Gasteiger partial charge on any atom is 0.276 e. The molecule has 12 heavy (non-hydrogen) atoms. The number of hydrogen-bond acceptors (Lipinski definition) is 3. The highest BCUT2D eigenvalue weighted by molar-refractivity contribution is 7.87. The van der Waals surface area contributed by atoms with Crippen molar-refractivity contribution in [1.29, 1.82) is 0 Å². The molecule has 0 heterocycles. The van der Waals surface area contributed by atoms with Gasteiger partial charge in [0.1, 0.15) is 0 Å². The summed E-state index contributed by atoms with van der Waals surface area (Å²) in [5.74, 6) is 0. The molecule has 1 unspecified atom stereocenters. The molecule has 0 radical (unpaired) electrons. The molecule has 0 aromatic carbocycles. The molecule has 74 valence electrons. The van der Waals surface area contributed by atoms with Gasteiger partial charge in [-0.3, -0.25) is 0 Å². The first-order valence-electron chi connectivity index (χ1n) is 3.87. The van der Waals surface area contributed by atoms with E-state index in [1.807, 2.05) is 6.92 Å². The first-order valence-corrected chi connectivity index (χ1v) is 5.35. The summed E-state index contributed by atoms with van der Waals surface area (Å²) in [5.41, 5.74) is 0. The van der Waals surface area contributed by atoms with Gasteiger partial charge in [-0.2, -0.15) is 13.1 Å². The van der Waals surface area contributed by atoms with Gasteiger partial charge in [-0.05, 0) is 12.8 Å². The lowest BCUT2D eigenvalue weighted by molar-refractivity contribution is 0.270. The van der Waals surface area contributed by atoms with E-state index in [-0.39, 0.29) is 12.6 Å². The summed E-state index contributed by atoms with van der Waals surface area (Å²) in [6.07, 6.45) is 1.11. The molecular weight excluding hydrogens is 180 g/mol. The fourth-order valence-corrected chi connectivity index (χ4v) is 1.62. The monoisotopic (exact) mass is 196 g/mol. The van der Waals surface area contributed by atoms with Crippen LogP contribution in [0.15, 0.2) is 0 Å². The lowest BCUT2D eigenvalue weighted by Gasteiger charge is -2.14. The van der Waals surface area contributed by atoms with Gasteiger partial charge in [-0.25, -0.2) is 4.72 Å². The zero-order chi connectivity index (χ0) is 9.61. The maximum atomic E-state index is 10.9. The Bertz CT molecular complexity index is 203. The normalized spacial score (nSPS) is 14.6. The van der Waals surface area contributed by atoms with Crippen LogP contribution in [0.3, 0.4) is 0 Å². The smallest absolute Gasteiger partial charge is 0.276 e. The number of rotatable bonds is 6. The third kappa shape index (κ3) is 4.66. The van der Waals surface area contributed by atoms with Gasteiger partial charge in [-0.15, -0.1) is 0 Å². The van der Waals surface area contributed by atoms with E-state index in [4.69, 9.17) is 5.11 Å². The second-order valence-electron chi connectivity index (χ2n) is 2.44. The predicted molar refractivity (Wildman–Crippen MR) is 46.9 cm³/mol. The van der Waals surface area contributed by atoms with Gasteiger partial charge in [0.15, 0.2) is 0 Å². The largest absolute Gasteiger partial charge is 0.396 e. The van der Waals surface area contributed by atoms with Crippen molar-refractivity contribution in [2.75, 3.05) is 13.7 Å². The summed E-state index contributed by atoms with van der Waals surface area (Å²) < 4.78 is 26.4.